The summed E-state index contributed by atoms with van der Waals surface area (Å²) in [4.78, 5) is 0. The Kier molecular flexibility index (Phi) is 5.74. The van der Waals surface area contributed by atoms with Crippen molar-refractivity contribution in [3.8, 4) is 45.8 Å². The largest absolute Gasteiger partial charge is 0.497 e. The highest BCUT2D eigenvalue weighted by atomic mass is 16.5. The van der Waals surface area contributed by atoms with Crippen LogP contribution in [0.15, 0.2) is 115 Å². The molecule has 158 valence electrons. The number of aromatic nitrogens is 2. The third kappa shape index (κ3) is 4.56. The maximum atomic E-state index is 5.32. The van der Waals surface area contributed by atoms with Crippen molar-refractivity contribution in [2.24, 2.45) is 0 Å². The fourth-order valence-electron chi connectivity index (χ4n) is 3.65. The molecule has 3 heteroatoms. The zero-order valence-electron chi connectivity index (χ0n) is 18.3. The Morgan fingerprint density at radius 2 is 1.21 bits per heavy atom. The van der Waals surface area contributed by atoms with Gasteiger partial charge in [-0.2, -0.15) is 5.10 Å². The predicted molar refractivity (Wildman–Crippen MR) is 133 cm³/mol. The maximum absolute atomic E-state index is 5.32. The van der Waals surface area contributed by atoms with Gasteiger partial charge in [-0.3, -0.25) is 0 Å². The van der Waals surface area contributed by atoms with Crippen molar-refractivity contribution >= 4 is 0 Å². The van der Waals surface area contributed by atoms with Gasteiger partial charge in [-0.15, -0.1) is 0 Å². The van der Waals surface area contributed by atoms with Gasteiger partial charge in [0.2, 0.25) is 0 Å². The highest BCUT2D eigenvalue weighted by Crippen LogP contribution is 2.30. The van der Waals surface area contributed by atoms with E-state index >= 15 is 0 Å². The molecule has 0 radical (unpaired) electrons. The van der Waals surface area contributed by atoms with Gasteiger partial charge in [0.15, 0.2) is 0 Å². The summed E-state index contributed by atoms with van der Waals surface area (Å²) in [6, 6.07) is 38.6. The lowest BCUT2D eigenvalue weighted by Gasteiger charge is -2.08. The molecule has 0 unspecified atom stereocenters. The second-order valence-electron chi connectivity index (χ2n) is 7.58. The number of rotatable bonds is 4. The first kappa shape index (κ1) is 20.4. The summed E-state index contributed by atoms with van der Waals surface area (Å²) >= 11 is 0. The van der Waals surface area contributed by atoms with Crippen LogP contribution in [-0.2, 0) is 0 Å². The van der Waals surface area contributed by atoms with Crippen molar-refractivity contribution in [2.75, 3.05) is 7.11 Å². The van der Waals surface area contributed by atoms with Crippen LogP contribution in [0.1, 0.15) is 11.1 Å². The molecule has 0 bridgehead atoms. The molecule has 1 aromatic heterocycles. The molecule has 1 heterocycles. The molecule has 5 aromatic rings. The van der Waals surface area contributed by atoms with Crippen molar-refractivity contribution in [3.05, 3.63) is 126 Å². The Morgan fingerprint density at radius 3 is 1.85 bits per heavy atom. The molecule has 3 nitrogen and oxygen atoms in total. The van der Waals surface area contributed by atoms with Crippen LogP contribution in [0.3, 0.4) is 0 Å². The molecule has 0 saturated heterocycles. The lowest BCUT2D eigenvalue weighted by molar-refractivity contribution is 0.415. The average molecular weight is 427 g/mol. The molecule has 33 heavy (non-hydrogen) atoms. The second-order valence-corrected chi connectivity index (χ2v) is 7.58. The molecule has 0 atom stereocenters. The van der Waals surface area contributed by atoms with Crippen LogP contribution in [0.25, 0.3) is 28.2 Å². The van der Waals surface area contributed by atoms with E-state index in [2.05, 4.69) is 54.3 Å². The third-order valence-electron chi connectivity index (χ3n) is 5.40. The predicted octanol–water partition coefficient (Wildman–Crippen LogP) is 6.61. The smallest absolute Gasteiger partial charge is 0.118 e. The van der Waals surface area contributed by atoms with E-state index in [9.17, 15) is 0 Å². The quantitative estimate of drug-likeness (QED) is 0.302. The Balaban J connectivity index is 1.51. The number of nitrogens with zero attached hydrogens (tertiary/aromatic N) is 2. The lowest BCUT2D eigenvalue weighted by Crippen LogP contribution is -1.99. The van der Waals surface area contributed by atoms with Crippen LogP contribution < -0.4 is 4.74 Å². The van der Waals surface area contributed by atoms with Gasteiger partial charge in [-0.1, -0.05) is 60.4 Å². The summed E-state index contributed by atoms with van der Waals surface area (Å²) in [6.45, 7) is 0. The van der Waals surface area contributed by atoms with E-state index in [1.54, 1.807) is 7.11 Å². The van der Waals surface area contributed by atoms with Gasteiger partial charge in [-0.25, -0.2) is 4.68 Å². The molecule has 0 spiro atoms. The first-order valence-corrected chi connectivity index (χ1v) is 10.8. The summed E-state index contributed by atoms with van der Waals surface area (Å²) < 4.78 is 7.31. The molecule has 5 rings (SSSR count). The van der Waals surface area contributed by atoms with E-state index < -0.39 is 0 Å². The summed E-state index contributed by atoms with van der Waals surface area (Å²) in [6.07, 6.45) is 0. The van der Waals surface area contributed by atoms with Crippen molar-refractivity contribution in [1.29, 1.82) is 0 Å². The number of ether oxygens (including phenoxy) is 1. The highest BCUT2D eigenvalue weighted by Gasteiger charge is 2.13. The molecule has 0 aliphatic heterocycles. The maximum Gasteiger partial charge on any atom is 0.118 e. The van der Waals surface area contributed by atoms with Gasteiger partial charge in [0.05, 0.1) is 24.2 Å². The normalized spacial score (nSPS) is 10.3. The van der Waals surface area contributed by atoms with E-state index in [0.717, 1.165) is 45.1 Å². The van der Waals surface area contributed by atoms with Crippen LogP contribution in [0.2, 0.25) is 0 Å². The summed E-state index contributed by atoms with van der Waals surface area (Å²) in [7, 11) is 1.68. The van der Waals surface area contributed by atoms with E-state index in [1.807, 2.05) is 77.5 Å². The van der Waals surface area contributed by atoms with Gasteiger partial charge < -0.3 is 4.74 Å². The molecular weight excluding hydrogens is 404 g/mol. The Morgan fingerprint density at radius 1 is 0.636 bits per heavy atom. The van der Waals surface area contributed by atoms with Crippen LogP contribution in [0.4, 0.5) is 0 Å². The molecule has 0 N–H and O–H groups in total. The van der Waals surface area contributed by atoms with Crippen molar-refractivity contribution in [3.63, 3.8) is 0 Å². The van der Waals surface area contributed by atoms with E-state index in [0.29, 0.717) is 0 Å². The molecule has 0 aliphatic carbocycles. The fraction of sp³-hybridized carbons (Fsp3) is 0.0333. The molecule has 0 aliphatic rings. The van der Waals surface area contributed by atoms with Crippen molar-refractivity contribution in [1.82, 2.24) is 9.78 Å². The van der Waals surface area contributed by atoms with Gasteiger partial charge in [0, 0.05) is 22.3 Å². The monoisotopic (exact) mass is 426 g/mol. The molecular formula is C30H22N2O. The first-order chi connectivity index (χ1) is 16.3. The number of benzene rings is 4. The highest BCUT2D eigenvalue weighted by molar-refractivity contribution is 5.71. The number of hydrogen-bond acceptors (Lipinski definition) is 2. The van der Waals surface area contributed by atoms with Gasteiger partial charge in [0.25, 0.3) is 0 Å². The number of hydrogen-bond donors (Lipinski definition) is 0. The summed E-state index contributed by atoms with van der Waals surface area (Å²) in [5.41, 5.74) is 7.04. The van der Waals surface area contributed by atoms with Crippen LogP contribution in [0.5, 0.6) is 5.75 Å². The standard InChI is InChI=1S/C30H22N2O/c1-33-28-20-18-26(19-21-28)30-22-29(31-32(30)27-10-6-3-7-11-27)25-16-14-24(15-17-25)13-12-23-8-4-2-5-9-23/h2-11,14-22H,1H3. The first-order valence-electron chi connectivity index (χ1n) is 10.8. The zero-order chi connectivity index (χ0) is 22.5. The van der Waals surface area contributed by atoms with E-state index in [1.165, 1.54) is 0 Å². The SMILES string of the molecule is COc1ccc(-c2cc(-c3ccc(C#Cc4ccccc4)cc3)nn2-c2ccccc2)cc1. The van der Waals surface area contributed by atoms with Crippen LogP contribution in [-0.4, -0.2) is 16.9 Å². The summed E-state index contributed by atoms with van der Waals surface area (Å²) in [5.74, 6) is 7.27. The molecule has 0 amide bonds. The Bertz CT molecular complexity index is 1410. The van der Waals surface area contributed by atoms with Crippen molar-refractivity contribution in [2.45, 2.75) is 0 Å². The average Bonchev–Trinajstić information content (AvgIpc) is 3.34. The lowest BCUT2D eigenvalue weighted by atomic mass is 10.1. The van der Waals surface area contributed by atoms with E-state index in [4.69, 9.17) is 9.84 Å². The molecule has 0 fully saturated rings. The van der Waals surface area contributed by atoms with Crippen LogP contribution in [0, 0.1) is 11.8 Å². The second kappa shape index (κ2) is 9.30. The van der Waals surface area contributed by atoms with Gasteiger partial charge >= 0.3 is 0 Å². The van der Waals surface area contributed by atoms with Gasteiger partial charge in [-0.05, 0) is 66.7 Å². The fourth-order valence-corrected chi connectivity index (χ4v) is 3.65. The molecule has 4 aromatic carbocycles. The molecule has 0 saturated carbocycles. The number of methoxy groups -OCH3 is 1. The van der Waals surface area contributed by atoms with Crippen LogP contribution >= 0.6 is 0 Å². The topological polar surface area (TPSA) is 27.1 Å². The zero-order valence-corrected chi connectivity index (χ0v) is 18.3. The number of para-hydroxylation sites is 1. The summed E-state index contributed by atoms with van der Waals surface area (Å²) in [5, 5.41) is 4.94. The van der Waals surface area contributed by atoms with E-state index in [-0.39, 0.29) is 0 Å². The third-order valence-corrected chi connectivity index (χ3v) is 5.40. The minimum Gasteiger partial charge on any atom is -0.497 e. The van der Waals surface area contributed by atoms with Crippen molar-refractivity contribution < 1.29 is 4.74 Å². The van der Waals surface area contributed by atoms with Gasteiger partial charge in [0.1, 0.15) is 5.75 Å². The minimum atomic E-state index is 0.831. The minimum absolute atomic E-state index is 0.831. The Labute approximate surface area is 193 Å². The Hall–Kier alpha value is -4.55.